The molecule has 7 heteroatoms. The van der Waals surface area contributed by atoms with Crippen LogP contribution in [0, 0.1) is 6.92 Å². The highest BCUT2D eigenvalue weighted by Crippen LogP contribution is 2.30. The number of aromatic nitrogens is 2. The second kappa shape index (κ2) is 5.46. The van der Waals surface area contributed by atoms with Crippen molar-refractivity contribution in [3.05, 3.63) is 47.3 Å². The first-order valence-electron chi connectivity index (χ1n) is 5.78. The number of nitrogens with zero attached hydrogens (tertiary/aromatic N) is 2. The van der Waals surface area contributed by atoms with Crippen LogP contribution in [0.4, 0.5) is 13.2 Å². The minimum Gasteiger partial charge on any atom is -0.424 e. The quantitative estimate of drug-likeness (QED) is 0.940. The van der Waals surface area contributed by atoms with E-state index < -0.39 is 11.7 Å². The second-order valence-corrected chi connectivity index (χ2v) is 4.09. The van der Waals surface area contributed by atoms with E-state index in [2.05, 4.69) is 9.97 Å². The maximum Gasteiger partial charge on any atom is 0.416 e. The van der Waals surface area contributed by atoms with Crippen LogP contribution in [0.2, 0.25) is 0 Å². The summed E-state index contributed by atoms with van der Waals surface area (Å²) in [4.78, 5) is 8.02. The third-order valence-electron chi connectivity index (χ3n) is 2.67. The highest BCUT2D eigenvalue weighted by molar-refractivity contribution is 5.31. The van der Waals surface area contributed by atoms with E-state index in [0.717, 1.165) is 17.7 Å². The molecule has 20 heavy (non-hydrogen) atoms. The Balaban J connectivity index is 2.16. The average Bonchev–Trinajstić information content (AvgIpc) is 2.38. The SMILES string of the molecule is Cc1nc(Oc2ccc(C(F)(F)F)cc2)ncc1CN. The van der Waals surface area contributed by atoms with Gasteiger partial charge in [0.2, 0.25) is 0 Å². The minimum absolute atomic E-state index is 0.0689. The summed E-state index contributed by atoms with van der Waals surface area (Å²) in [5, 5.41) is 0. The van der Waals surface area contributed by atoms with Crippen molar-refractivity contribution in [2.45, 2.75) is 19.6 Å². The molecule has 1 heterocycles. The standard InChI is InChI=1S/C13H12F3N3O/c1-8-9(6-17)7-18-12(19-8)20-11-4-2-10(3-5-11)13(14,15)16/h2-5,7H,6,17H2,1H3. The average molecular weight is 283 g/mol. The van der Waals surface area contributed by atoms with Crippen molar-refractivity contribution in [1.29, 1.82) is 0 Å². The van der Waals surface area contributed by atoms with Gasteiger partial charge in [-0.25, -0.2) is 4.98 Å². The molecule has 1 aromatic carbocycles. The molecule has 0 saturated carbocycles. The van der Waals surface area contributed by atoms with Crippen LogP contribution in [-0.2, 0) is 12.7 Å². The van der Waals surface area contributed by atoms with Crippen molar-refractivity contribution < 1.29 is 17.9 Å². The van der Waals surface area contributed by atoms with Crippen LogP contribution < -0.4 is 10.5 Å². The number of nitrogens with two attached hydrogens (primary N) is 1. The zero-order valence-corrected chi connectivity index (χ0v) is 10.6. The molecule has 0 amide bonds. The van der Waals surface area contributed by atoms with Gasteiger partial charge in [-0.1, -0.05) is 0 Å². The van der Waals surface area contributed by atoms with Gasteiger partial charge >= 0.3 is 12.2 Å². The fourth-order valence-electron chi connectivity index (χ4n) is 1.54. The van der Waals surface area contributed by atoms with Gasteiger partial charge in [0.15, 0.2) is 0 Å². The largest absolute Gasteiger partial charge is 0.424 e. The lowest BCUT2D eigenvalue weighted by Gasteiger charge is -2.09. The Morgan fingerprint density at radius 2 is 1.85 bits per heavy atom. The van der Waals surface area contributed by atoms with E-state index in [9.17, 15) is 13.2 Å². The molecule has 106 valence electrons. The number of ether oxygens (including phenoxy) is 1. The van der Waals surface area contributed by atoms with Gasteiger partial charge in [0.25, 0.3) is 0 Å². The van der Waals surface area contributed by atoms with Gasteiger partial charge in [-0.15, -0.1) is 0 Å². The van der Waals surface area contributed by atoms with E-state index in [0.29, 0.717) is 12.2 Å². The maximum absolute atomic E-state index is 12.4. The topological polar surface area (TPSA) is 61.0 Å². The van der Waals surface area contributed by atoms with Crippen molar-refractivity contribution in [2.75, 3.05) is 0 Å². The Hall–Kier alpha value is -2.15. The Labute approximate surface area is 113 Å². The zero-order chi connectivity index (χ0) is 14.8. The van der Waals surface area contributed by atoms with E-state index in [1.807, 2.05) is 0 Å². The third kappa shape index (κ3) is 3.24. The number of benzene rings is 1. The van der Waals surface area contributed by atoms with E-state index in [1.54, 1.807) is 6.92 Å². The normalized spacial score (nSPS) is 11.4. The number of rotatable bonds is 3. The van der Waals surface area contributed by atoms with Crippen LogP contribution in [0.25, 0.3) is 0 Å². The first-order chi connectivity index (χ1) is 9.40. The fourth-order valence-corrected chi connectivity index (χ4v) is 1.54. The number of hydrogen-bond acceptors (Lipinski definition) is 4. The van der Waals surface area contributed by atoms with Crippen LogP contribution in [0.1, 0.15) is 16.8 Å². The first-order valence-corrected chi connectivity index (χ1v) is 5.78. The molecule has 2 aromatic rings. The Morgan fingerprint density at radius 3 is 2.35 bits per heavy atom. The molecule has 1 aromatic heterocycles. The van der Waals surface area contributed by atoms with Gasteiger partial charge in [0.05, 0.1) is 5.56 Å². The summed E-state index contributed by atoms with van der Waals surface area (Å²) in [6.45, 7) is 2.07. The summed E-state index contributed by atoms with van der Waals surface area (Å²) >= 11 is 0. The van der Waals surface area contributed by atoms with Crippen LogP contribution in [0.3, 0.4) is 0 Å². The molecule has 0 spiro atoms. The molecule has 0 atom stereocenters. The summed E-state index contributed by atoms with van der Waals surface area (Å²) in [5.41, 5.74) is 6.20. The van der Waals surface area contributed by atoms with Crippen LogP contribution in [0.5, 0.6) is 11.8 Å². The summed E-state index contributed by atoms with van der Waals surface area (Å²) < 4.78 is 42.5. The zero-order valence-electron chi connectivity index (χ0n) is 10.6. The van der Waals surface area contributed by atoms with Crippen molar-refractivity contribution in [3.63, 3.8) is 0 Å². The van der Waals surface area contributed by atoms with Gasteiger partial charge in [0.1, 0.15) is 5.75 Å². The summed E-state index contributed by atoms with van der Waals surface area (Å²) in [6.07, 6.45) is -2.84. The first kappa shape index (κ1) is 14.3. The van der Waals surface area contributed by atoms with Gasteiger partial charge in [-0.3, -0.25) is 0 Å². The number of hydrogen-bond donors (Lipinski definition) is 1. The molecule has 0 aliphatic rings. The van der Waals surface area contributed by atoms with Gasteiger partial charge < -0.3 is 10.5 Å². The predicted octanol–water partition coefficient (Wildman–Crippen LogP) is 3.05. The van der Waals surface area contributed by atoms with Crippen molar-refractivity contribution in [2.24, 2.45) is 5.73 Å². The molecule has 0 unspecified atom stereocenters. The van der Waals surface area contributed by atoms with E-state index in [1.165, 1.54) is 18.3 Å². The van der Waals surface area contributed by atoms with Crippen LogP contribution >= 0.6 is 0 Å². The molecule has 0 fully saturated rings. The highest BCUT2D eigenvalue weighted by Gasteiger charge is 2.30. The molecule has 0 radical (unpaired) electrons. The molecular formula is C13H12F3N3O. The molecular weight excluding hydrogens is 271 g/mol. The van der Waals surface area contributed by atoms with Crippen molar-refractivity contribution >= 4 is 0 Å². The van der Waals surface area contributed by atoms with Gasteiger partial charge in [-0.2, -0.15) is 18.2 Å². The maximum atomic E-state index is 12.4. The molecule has 0 aliphatic carbocycles. The summed E-state index contributed by atoms with van der Waals surface area (Å²) in [7, 11) is 0. The van der Waals surface area contributed by atoms with Crippen molar-refractivity contribution in [1.82, 2.24) is 9.97 Å². The number of alkyl halides is 3. The van der Waals surface area contributed by atoms with E-state index in [4.69, 9.17) is 10.5 Å². The Bertz CT molecular complexity index is 597. The molecule has 0 aliphatic heterocycles. The third-order valence-corrected chi connectivity index (χ3v) is 2.67. The highest BCUT2D eigenvalue weighted by atomic mass is 19.4. The van der Waals surface area contributed by atoms with Gasteiger partial charge in [-0.05, 0) is 31.2 Å². The molecule has 2 rings (SSSR count). The Kier molecular flexibility index (Phi) is 3.89. The lowest BCUT2D eigenvalue weighted by Crippen LogP contribution is -2.05. The monoisotopic (exact) mass is 283 g/mol. The smallest absolute Gasteiger partial charge is 0.416 e. The number of halogens is 3. The Morgan fingerprint density at radius 1 is 1.20 bits per heavy atom. The van der Waals surface area contributed by atoms with E-state index in [-0.39, 0.29) is 11.8 Å². The predicted molar refractivity (Wildman–Crippen MR) is 66.2 cm³/mol. The molecule has 0 saturated heterocycles. The van der Waals surface area contributed by atoms with Gasteiger partial charge in [0, 0.05) is 24.0 Å². The number of aryl methyl sites for hydroxylation is 1. The molecule has 4 nitrogen and oxygen atoms in total. The second-order valence-electron chi connectivity index (χ2n) is 4.09. The van der Waals surface area contributed by atoms with Crippen LogP contribution in [0.15, 0.2) is 30.5 Å². The summed E-state index contributed by atoms with van der Waals surface area (Å²) in [6, 6.07) is 4.39. The lowest BCUT2D eigenvalue weighted by atomic mass is 10.2. The van der Waals surface area contributed by atoms with Crippen LogP contribution in [-0.4, -0.2) is 9.97 Å². The molecule has 0 bridgehead atoms. The summed E-state index contributed by atoms with van der Waals surface area (Å²) in [5.74, 6) is 0.234. The molecule has 2 N–H and O–H groups in total. The lowest BCUT2D eigenvalue weighted by molar-refractivity contribution is -0.137. The minimum atomic E-state index is -4.37. The van der Waals surface area contributed by atoms with E-state index >= 15 is 0 Å². The fraction of sp³-hybridized carbons (Fsp3) is 0.231. The van der Waals surface area contributed by atoms with Crippen molar-refractivity contribution in [3.8, 4) is 11.8 Å².